The lowest BCUT2D eigenvalue weighted by Crippen LogP contribution is -2.28. The van der Waals surface area contributed by atoms with Gasteiger partial charge in [-0.05, 0) is 6.42 Å². The van der Waals surface area contributed by atoms with Crippen LogP contribution in [0.5, 0.6) is 11.5 Å². The fraction of sp³-hybridized carbons (Fsp3) is 0.588. The third-order valence-corrected chi connectivity index (χ3v) is 9.57. The molecule has 0 aliphatic carbocycles. The normalized spacial score (nSPS) is 11.5. The van der Waals surface area contributed by atoms with Gasteiger partial charge in [0.15, 0.2) is 5.78 Å². The largest absolute Gasteiger partial charge is 0.495 e. The molecule has 0 atom stereocenters. The number of unbranched alkanes of at least 4 members (excludes halogenated alkanes) is 13. The Morgan fingerprint density at radius 1 is 0.744 bits per heavy atom. The summed E-state index contributed by atoms with van der Waals surface area (Å²) in [7, 11) is 0.457. The van der Waals surface area contributed by atoms with Gasteiger partial charge < -0.3 is 14.8 Å². The van der Waals surface area contributed by atoms with E-state index in [1.807, 2.05) is 0 Å². The van der Waals surface area contributed by atoms with Gasteiger partial charge in [-0.15, -0.1) is 0 Å². The van der Waals surface area contributed by atoms with Gasteiger partial charge in [0.05, 0.1) is 26.3 Å². The summed E-state index contributed by atoms with van der Waals surface area (Å²) >= 11 is 0. The number of hydrogen-bond acceptors (Lipinski definition) is 6. The monoisotopic (exact) mass is 616 g/mol. The van der Waals surface area contributed by atoms with Crippen molar-refractivity contribution in [2.75, 3.05) is 33.1 Å². The van der Waals surface area contributed by atoms with Crippen molar-refractivity contribution in [1.82, 2.24) is 4.31 Å². The summed E-state index contributed by atoms with van der Waals surface area (Å²) in [5.41, 5.74) is 0.657. The lowest BCUT2D eigenvalue weighted by Gasteiger charge is -2.21. The van der Waals surface area contributed by atoms with Crippen LogP contribution in [0.25, 0.3) is 0 Å². The van der Waals surface area contributed by atoms with E-state index in [0.717, 1.165) is 19.3 Å². The van der Waals surface area contributed by atoms with Crippen molar-refractivity contribution in [3.63, 3.8) is 0 Å². The number of ether oxygens (including phenoxy) is 2. The lowest BCUT2D eigenvalue weighted by atomic mass is 10.0. The Morgan fingerprint density at radius 2 is 1.26 bits per heavy atom. The van der Waals surface area contributed by atoms with Crippen LogP contribution in [-0.2, 0) is 14.8 Å². The number of rotatable bonds is 23. The highest BCUT2D eigenvalue weighted by atomic mass is 32.2. The Kier molecular flexibility index (Phi) is 17.0. The molecule has 0 radical (unpaired) electrons. The standard InChI is InChI=1S/C34H52N2O6S/c1-5-6-7-8-9-10-11-12-13-14-15-16-17-21-24-36(2)43(39,40)33-27-31(41-3)29(25-32(33)42-4)35-34(38)26-30(37)28-22-19-18-20-23-28/h18-20,22-23,25,27H,5-17,21,24,26H2,1-4H3,(H,35,38). The molecule has 0 bridgehead atoms. The van der Waals surface area contributed by atoms with E-state index in [1.54, 1.807) is 37.4 Å². The molecule has 0 saturated carbocycles. The van der Waals surface area contributed by atoms with E-state index in [9.17, 15) is 18.0 Å². The second kappa shape index (κ2) is 20.1. The van der Waals surface area contributed by atoms with Crippen molar-refractivity contribution in [2.24, 2.45) is 0 Å². The number of carbonyl (C=O) groups is 2. The fourth-order valence-electron chi connectivity index (χ4n) is 5.05. The molecule has 9 heteroatoms. The molecule has 0 aliphatic rings. The van der Waals surface area contributed by atoms with Crippen LogP contribution in [0.1, 0.15) is 114 Å². The van der Waals surface area contributed by atoms with Crippen LogP contribution in [0.4, 0.5) is 5.69 Å². The highest BCUT2D eigenvalue weighted by Crippen LogP contribution is 2.37. The number of nitrogens with one attached hydrogen (secondary N) is 1. The highest BCUT2D eigenvalue weighted by molar-refractivity contribution is 7.89. The van der Waals surface area contributed by atoms with Gasteiger partial charge in [-0.1, -0.05) is 121 Å². The first kappa shape index (κ1) is 36.3. The Hall–Kier alpha value is -2.91. The van der Waals surface area contributed by atoms with Gasteiger partial charge in [-0.2, -0.15) is 0 Å². The fourth-order valence-corrected chi connectivity index (χ4v) is 6.41. The van der Waals surface area contributed by atoms with Crippen LogP contribution >= 0.6 is 0 Å². The minimum atomic E-state index is -3.87. The molecule has 0 aliphatic heterocycles. The molecule has 0 fully saturated rings. The summed E-state index contributed by atoms with van der Waals surface area (Å²) < 4.78 is 39.0. The van der Waals surface area contributed by atoms with Crippen molar-refractivity contribution in [3.8, 4) is 11.5 Å². The zero-order valence-corrected chi connectivity index (χ0v) is 27.5. The Bertz CT molecular complexity index is 1220. The van der Waals surface area contributed by atoms with E-state index in [2.05, 4.69) is 12.2 Å². The minimum absolute atomic E-state index is 0.0434. The van der Waals surface area contributed by atoms with Crippen LogP contribution in [0.3, 0.4) is 0 Å². The lowest BCUT2D eigenvalue weighted by molar-refractivity contribution is -0.115. The zero-order chi connectivity index (χ0) is 31.5. The average Bonchev–Trinajstić information content (AvgIpc) is 3.01. The number of ketones is 1. The predicted octanol–water partition coefficient (Wildman–Crippen LogP) is 8.02. The smallest absolute Gasteiger partial charge is 0.246 e. The van der Waals surface area contributed by atoms with E-state index in [1.165, 1.54) is 101 Å². The zero-order valence-electron chi connectivity index (χ0n) is 26.7. The van der Waals surface area contributed by atoms with Crippen LogP contribution in [0.2, 0.25) is 0 Å². The van der Waals surface area contributed by atoms with Crippen molar-refractivity contribution >= 4 is 27.4 Å². The number of nitrogens with zero attached hydrogens (tertiary/aromatic N) is 1. The van der Waals surface area contributed by atoms with Gasteiger partial charge in [0, 0.05) is 31.3 Å². The molecule has 0 unspecified atom stereocenters. The van der Waals surface area contributed by atoms with Crippen molar-refractivity contribution in [1.29, 1.82) is 0 Å². The predicted molar refractivity (Wildman–Crippen MR) is 174 cm³/mol. The van der Waals surface area contributed by atoms with Crippen molar-refractivity contribution < 1.29 is 27.5 Å². The molecular weight excluding hydrogens is 564 g/mol. The molecule has 1 amide bonds. The van der Waals surface area contributed by atoms with E-state index in [-0.39, 0.29) is 34.3 Å². The molecule has 2 aromatic carbocycles. The van der Waals surface area contributed by atoms with Gasteiger partial charge in [0.25, 0.3) is 0 Å². The molecule has 2 rings (SSSR count). The van der Waals surface area contributed by atoms with Crippen LogP contribution in [-0.4, -0.2) is 52.2 Å². The summed E-state index contributed by atoms with van der Waals surface area (Å²) in [4.78, 5) is 25.0. The number of anilines is 1. The number of hydrogen-bond donors (Lipinski definition) is 1. The van der Waals surface area contributed by atoms with E-state index >= 15 is 0 Å². The highest BCUT2D eigenvalue weighted by Gasteiger charge is 2.27. The first-order valence-corrected chi connectivity index (χ1v) is 17.3. The SMILES string of the molecule is CCCCCCCCCCCCCCCCN(C)S(=O)(=O)c1cc(OC)c(NC(=O)CC(=O)c2ccccc2)cc1OC. The molecule has 240 valence electrons. The first-order chi connectivity index (χ1) is 20.7. The second-order valence-corrected chi connectivity index (χ2v) is 13.2. The molecule has 0 saturated heterocycles. The molecule has 0 heterocycles. The maximum Gasteiger partial charge on any atom is 0.246 e. The summed E-state index contributed by atoms with van der Waals surface area (Å²) in [5.74, 6) is -0.629. The molecular formula is C34H52N2O6S. The summed E-state index contributed by atoms with van der Waals surface area (Å²) in [6.45, 7) is 2.65. The quantitative estimate of drug-likeness (QED) is 0.0771. The molecule has 2 aromatic rings. The molecule has 8 nitrogen and oxygen atoms in total. The van der Waals surface area contributed by atoms with Crippen LogP contribution in [0.15, 0.2) is 47.4 Å². The average molecular weight is 617 g/mol. The van der Waals surface area contributed by atoms with Crippen molar-refractivity contribution in [2.45, 2.75) is 108 Å². The first-order valence-electron chi connectivity index (χ1n) is 15.8. The topological polar surface area (TPSA) is 102 Å². The van der Waals surface area contributed by atoms with Crippen molar-refractivity contribution in [3.05, 3.63) is 48.0 Å². The third kappa shape index (κ3) is 12.7. The molecule has 43 heavy (non-hydrogen) atoms. The third-order valence-electron chi connectivity index (χ3n) is 7.69. The van der Waals surface area contributed by atoms with Crippen LogP contribution < -0.4 is 14.8 Å². The molecule has 1 N–H and O–H groups in total. The molecule has 0 aromatic heterocycles. The summed E-state index contributed by atoms with van der Waals surface area (Å²) in [5, 5.41) is 2.65. The summed E-state index contributed by atoms with van der Waals surface area (Å²) in [6.07, 6.45) is 17.0. The Labute approximate surface area is 259 Å². The van der Waals surface area contributed by atoms with Gasteiger partial charge in [-0.25, -0.2) is 12.7 Å². The molecule has 0 spiro atoms. The Balaban J connectivity index is 1.83. The Morgan fingerprint density at radius 3 is 1.77 bits per heavy atom. The number of methoxy groups -OCH3 is 2. The number of carbonyl (C=O) groups excluding carboxylic acids is 2. The van der Waals surface area contributed by atoms with Gasteiger partial charge >= 0.3 is 0 Å². The number of amides is 1. The number of sulfonamides is 1. The van der Waals surface area contributed by atoms with Crippen LogP contribution in [0, 0.1) is 0 Å². The number of Topliss-reactive ketones (excluding diaryl/α,β-unsaturated/α-hetero) is 1. The van der Waals surface area contributed by atoms with E-state index < -0.39 is 15.9 Å². The maximum atomic E-state index is 13.4. The number of benzene rings is 2. The summed E-state index contributed by atoms with van der Waals surface area (Å²) in [6, 6.07) is 11.3. The van der Waals surface area contributed by atoms with Gasteiger partial charge in [-0.3, -0.25) is 9.59 Å². The maximum absolute atomic E-state index is 13.4. The van der Waals surface area contributed by atoms with Gasteiger partial charge in [0.2, 0.25) is 15.9 Å². The van der Waals surface area contributed by atoms with Gasteiger partial charge in [0.1, 0.15) is 16.4 Å². The second-order valence-electron chi connectivity index (χ2n) is 11.1. The van der Waals surface area contributed by atoms with E-state index in [4.69, 9.17) is 9.47 Å². The van der Waals surface area contributed by atoms with E-state index in [0.29, 0.717) is 12.1 Å². The minimum Gasteiger partial charge on any atom is -0.495 e.